The predicted molar refractivity (Wildman–Crippen MR) is 85.0 cm³/mol. The molecule has 0 aliphatic rings. The average Bonchev–Trinajstić information content (AvgIpc) is 2.49. The highest BCUT2D eigenvalue weighted by molar-refractivity contribution is 6.34. The Hall–Kier alpha value is -1.71. The summed E-state index contributed by atoms with van der Waals surface area (Å²) < 4.78 is 5.39. The van der Waals surface area contributed by atoms with E-state index in [1.165, 1.54) is 0 Å². The van der Waals surface area contributed by atoms with E-state index in [-0.39, 0.29) is 18.6 Å². The SMILES string of the molecule is CC(NC(=O)COc1cc(Cl)ccc1Cl)c1ccccc1. The molecule has 1 amide bonds. The van der Waals surface area contributed by atoms with E-state index in [0.29, 0.717) is 15.8 Å². The second-order valence-electron chi connectivity index (χ2n) is 4.56. The first kappa shape index (κ1) is 15.7. The Kier molecular flexibility index (Phi) is 5.48. The summed E-state index contributed by atoms with van der Waals surface area (Å²) in [6.07, 6.45) is 0. The number of amides is 1. The number of hydrogen-bond donors (Lipinski definition) is 1. The van der Waals surface area contributed by atoms with E-state index in [4.69, 9.17) is 27.9 Å². The van der Waals surface area contributed by atoms with Gasteiger partial charge in [-0.15, -0.1) is 0 Å². The minimum atomic E-state index is -0.220. The summed E-state index contributed by atoms with van der Waals surface area (Å²) in [6, 6.07) is 14.5. The maximum absolute atomic E-state index is 11.9. The van der Waals surface area contributed by atoms with Crippen molar-refractivity contribution >= 4 is 29.1 Å². The molecule has 3 nitrogen and oxygen atoms in total. The first-order chi connectivity index (χ1) is 10.1. The van der Waals surface area contributed by atoms with Gasteiger partial charge in [-0.3, -0.25) is 4.79 Å². The Morgan fingerprint density at radius 1 is 1.19 bits per heavy atom. The molecule has 110 valence electrons. The van der Waals surface area contributed by atoms with Crippen molar-refractivity contribution in [3.8, 4) is 5.75 Å². The molecule has 0 aliphatic carbocycles. The van der Waals surface area contributed by atoms with Crippen LogP contribution in [0, 0.1) is 0 Å². The van der Waals surface area contributed by atoms with Gasteiger partial charge in [-0.25, -0.2) is 0 Å². The van der Waals surface area contributed by atoms with Crippen molar-refractivity contribution in [3.05, 3.63) is 64.1 Å². The molecule has 21 heavy (non-hydrogen) atoms. The Morgan fingerprint density at radius 2 is 1.90 bits per heavy atom. The Morgan fingerprint density at radius 3 is 2.62 bits per heavy atom. The third-order valence-corrected chi connectivity index (χ3v) is 3.48. The lowest BCUT2D eigenvalue weighted by Gasteiger charge is -2.15. The van der Waals surface area contributed by atoms with Crippen LogP contribution in [0.15, 0.2) is 48.5 Å². The van der Waals surface area contributed by atoms with Gasteiger partial charge in [-0.1, -0.05) is 53.5 Å². The molecule has 0 saturated carbocycles. The summed E-state index contributed by atoms with van der Waals surface area (Å²) in [4.78, 5) is 11.9. The predicted octanol–water partition coefficient (Wildman–Crippen LogP) is 4.25. The summed E-state index contributed by atoms with van der Waals surface area (Å²) in [5.41, 5.74) is 1.03. The summed E-state index contributed by atoms with van der Waals surface area (Å²) in [7, 11) is 0. The number of hydrogen-bond acceptors (Lipinski definition) is 2. The molecule has 0 aromatic heterocycles. The molecule has 0 aliphatic heterocycles. The number of halogens is 2. The van der Waals surface area contributed by atoms with Crippen molar-refractivity contribution in [2.24, 2.45) is 0 Å². The Bertz CT molecular complexity index is 617. The van der Waals surface area contributed by atoms with Crippen LogP contribution in [-0.4, -0.2) is 12.5 Å². The Balaban J connectivity index is 1.89. The molecule has 0 heterocycles. The number of ether oxygens (including phenoxy) is 1. The Labute approximate surface area is 133 Å². The van der Waals surface area contributed by atoms with Crippen LogP contribution in [0.25, 0.3) is 0 Å². The van der Waals surface area contributed by atoms with Crippen LogP contribution in [0.2, 0.25) is 10.0 Å². The number of carbonyl (C=O) groups excluding carboxylic acids is 1. The van der Waals surface area contributed by atoms with E-state index in [2.05, 4.69) is 5.32 Å². The maximum Gasteiger partial charge on any atom is 0.258 e. The molecule has 2 aromatic rings. The molecule has 2 rings (SSSR count). The molecule has 0 radical (unpaired) electrons. The van der Waals surface area contributed by atoms with Gasteiger partial charge in [0.2, 0.25) is 0 Å². The van der Waals surface area contributed by atoms with Crippen LogP contribution in [0.3, 0.4) is 0 Å². The largest absolute Gasteiger partial charge is 0.482 e. The maximum atomic E-state index is 11.9. The molecule has 0 saturated heterocycles. The number of nitrogens with one attached hydrogen (secondary N) is 1. The quantitative estimate of drug-likeness (QED) is 0.893. The van der Waals surface area contributed by atoms with Crippen molar-refractivity contribution < 1.29 is 9.53 Å². The lowest BCUT2D eigenvalue weighted by atomic mass is 10.1. The minimum Gasteiger partial charge on any atom is -0.482 e. The normalized spacial score (nSPS) is 11.8. The zero-order chi connectivity index (χ0) is 15.2. The molecule has 1 unspecified atom stereocenters. The van der Waals surface area contributed by atoms with E-state index in [9.17, 15) is 4.79 Å². The third kappa shape index (κ3) is 4.66. The fraction of sp³-hybridized carbons (Fsp3) is 0.188. The number of rotatable bonds is 5. The highest BCUT2D eigenvalue weighted by atomic mass is 35.5. The van der Waals surface area contributed by atoms with Gasteiger partial charge in [0.1, 0.15) is 5.75 Å². The van der Waals surface area contributed by atoms with Crippen molar-refractivity contribution in [2.45, 2.75) is 13.0 Å². The molecular weight excluding hydrogens is 309 g/mol. The highest BCUT2D eigenvalue weighted by Gasteiger charge is 2.11. The van der Waals surface area contributed by atoms with Crippen molar-refractivity contribution in [1.29, 1.82) is 0 Å². The molecule has 5 heteroatoms. The second kappa shape index (κ2) is 7.34. The van der Waals surface area contributed by atoms with Crippen molar-refractivity contribution in [3.63, 3.8) is 0 Å². The van der Waals surface area contributed by atoms with Crippen LogP contribution >= 0.6 is 23.2 Å². The van der Waals surface area contributed by atoms with E-state index >= 15 is 0 Å². The van der Waals surface area contributed by atoms with Gasteiger partial charge in [0, 0.05) is 11.1 Å². The fourth-order valence-electron chi connectivity index (χ4n) is 1.84. The standard InChI is InChI=1S/C16H15Cl2NO2/c1-11(12-5-3-2-4-6-12)19-16(20)10-21-15-9-13(17)7-8-14(15)18/h2-9,11H,10H2,1H3,(H,19,20). The van der Waals surface area contributed by atoms with Gasteiger partial charge in [0.15, 0.2) is 6.61 Å². The zero-order valence-electron chi connectivity index (χ0n) is 11.5. The first-order valence-electron chi connectivity index (χ1n) is 6.48. The van der Waals surface area contributed by atoms with Gasteiger partial charge in [0.25, 0.3) is 5.91 Å². The first-order valence-corrected chi connectivity index (χ1v) is 7.24. The van der Waals surface area contributed by atoms with Crippen LogP contribution in [0.5, 0.6) is 5.75 Å². The number of carbonyl (C=O) groups is 1. The van der Waals surface area contributed by atoms with Crippen LogP contribution in [0.4, 0.5) is 0 Å². The average molecular weight is 324 g/mol. The van der Waals surface area contributed by atoms with Gasteiger partial charge >= 0.3 is 0 Å². The monoisotopic (exact) mass is 323 g/mol. The van der Waals surface area contributed by atoms with E-state index < -0.39 is 0 Å². The summed E-state index contributed by atoms with van der Waals surface area (Å²) in [6.45, 7) is 1.80. The lowest BCUT2D eigenvalue weighted by Crippen LogP contribution is -2.31. The lowest BCUT2D eigenvalue weighted by molar-refractivity contribution is -0.123. The molecule has 0 spiro atoms. The van der Waals surface area contributed by atoms with Crippen molar-refractivity contribution in [2.75, 3.05) is 6.61 Å². The van der Waals surface area contributed by atoms with E-state index in [1.54, 1.807) is 18.2 Å². The molecular formula is C16H15Cl2NO2. The summed E-state index contributed by atoms with van der Waals surface area (Å²) in [5.74, 6) is 0.175. The molecule has 1 atom stereocenters. The van der Waals surface area contributed by atoms with Gasteiger partial charge in [-0.05, 0) is 24.6 Å². The topological polar surface area (TPSA) is 38.3 Å². The van der Waals surface area contributed by atoms with Gasteiger partial charge in [0.05, 0.1) is 11.1 Å². The van der Waals surface area contributed by atoms with Gasteiger partial charge in [-0.2, -0.15) is 0 Å². The van der Waals surface area contributed by atoms with Crippen LogP contribution in [-0.2, 0) is 4.79 Å². The second-order valence-corrected chi connectivity index (χ2v) is 5.41. The smallest absolute Gasteiger partial charge is 0.258 e. The van der Waals surface area contributed by atoms with Crippen LogP contribution < -0.4 is 10.1 Å². The van der Waals surface area contributed by atoms with E-state index in [0.717, 1.165) is 5.56 Å². The molecule has 0 fully saturated rings. The molecule has 1 N–H and O–H groups in total. The summed E-state index contributed by atoms with van der Waals surface area (Å²) in [5, 5.41) is 3.79. The summed E-state index contributed by atoms with van der Waals surface area (Å²) >= 11 is 11.8. The van der Waals surface area contributed by atoms with Crippen LogP contribution in [0.1, 0.15) is 18.5 Å². The van der Waals surface area contributed by atoms with Crippen molar-refractivity contribution in [1.82, 2.24) is 5.32 Å². The highest BCUT2D eigenvalue weighted by Crippen LogP contribution is 2.27. The number of benzene rings is 2. The fourth-order valence-corrected chi connectivity index (χ4v) is 2.17. The van der Waals surface area contributed by atoms with Gasteiger partial charge < -0.3 is 10.1 Å². The zero-order valence-corrected chi connectivity index (χ0v) is 13.0. The molecule has 2 aromatic carbocycles. The van der Waals surface area contributed by atoms with E-state index in [1.807, 2.05) is 37.3 Å². The minimum absolute atomic E-state index is 0.0860. The molecule has 0 bridgehead atoms. The third-order valence-electron chi connectivity index (χ3n) is 2.93.